The summed E-state index contributed by atoms with van der Waals surface area (Å²) in [7, 11) is 2.84. The number of hydrogen-bond acceptors (Lipinski definition) is 4. The summed E-state index contributed by atoms with van der Waals surface area (Å²) in [6.45, 7) is 5.83. The topological polar surface area (TPSA) is 95.9 Å². The summed E-state index contributed by atoms with van der Waals surface area (Å²) in [6.07, 6.45) is -0.0607. The van der Waals surface area contributed by atoms with Gasteiger partial charge in [-0.05, 0) is 19.3 Å². The van der Waals surface area contributed by atoms with Gasteiger partial charge in [-0.2, -0.15) is 0 Å². The van der Waals surface area contributed by atoms with Crippen LogP contribution >= 0.6 is 0 Å². The average Bonchev–Trinajstić information content (AvgIpc) is 2.40. The van der Waals surface area contributed by atoms with Crippen molar-refractivity contribution in [3.63, 3.8) is 0 Å². The number of carboxylic acid groups (broad SMARTS) is 1. The summed E-state index contributed by atoms with van der Waals surface area (Å²) in [4.78, 5) is 35.5. The maximum Gasteiger partial charge on any atom is 0.326 e. The summed E-state index contributed by atoms with van der Waals surface area (Å²) in [5, 5.41) is 11.5. The number of methoxy groups -OCH3 is 1. The van der Waals surface area contributed by atoms with E-state index in [-0.39, 0.29) is 24.8 Å². The van der Waals surface area contributed by atoms with Crippen LogP contribution < -0.4 is 5.32 Å². The lowest BCUT2D eigenvalue weighted by Crippen LogP contribution is -2.50. The SMILES string of the molecule is COC(=O)CC[C@@H](NC(=O)N(C)C(C)C(C)C)C(=O)O. The van der Waals surface area contributed by atoms with Gasteiger partial charge in [-0.3, -0.25) is 4.79 Å². The Kier molecular flexibility index (Phi) is 7.64. The first-order valence-corrected chi connectivity index (χ1v) is 6.53. The molecule has 0 spiro atoms. The van der Waals surface area contributed by atoms with Crippen molar-refractivity contribution in [1.29, 1.82) is 0 Å². The van der Waals surface area contributed by atoms with Crippen LogP contribution in [-0.4, -0.2) is 54.2 Å². The molecule has 0 saturated heterocycles. The lowest BCUT2D eigenvalue weighted by Gasteiger charge is -2.29. The second kappa shape index (κ2) is 8.39. The van der Waals surface area contributed by atoms with Gasteiger partial charge < -0.3 is 20.1 Å². The van der Waals surface area contributed by atoms with Crippen molar-refractivity contribution < 1.29 is 24.2 Å². The minimum absolute atomic E-state index is 0.00234. The van der Waals surface area contributed by atoms with Gasteiger partial charge >= 0.3 is 18.0 Å². The third-order valence-corrected chi connectivity index (χ3v) is 3.36. The first-order chi connectivity index (χ1) is 9.20. The van der Waals surface area contributed by atoms with Crippen molar-refractivity contribution >= 4 is 18.0 Å². The van der Waals surface area contributed by atoms with Crippen LogP contribution in [0.3, 0.4) is 0 Å². The molecule has 20 heavy (non-hydrogen) atoms. The molecule has 0 radical (unpaired) electrons. The van der Waals surface area contributed by atoms with Crippen LogP contribution in [0.2, 0.25) is 0 Å². The lowest BCUT2D eigenvalue weighted by molar-refractivity contribution is -0.142. The van der Waals surface area contributed by atoms with Crippen LogP contribution in [0.1, 0.15) is 33.6 Å². The predicted molar refractivity (Wildman–Crippen MR) is 73.3 cm³/mol. The molecule has 2 amide bonds. The predicted octanol–water partition coefficient (Wildman–Crippen LogP) is 1.08. The van der Waals surface area contributed by atoms with E-state index in [1.807, 2.05) is 20.8 Å². The zero-order valence-corrected chi connectivity index (χ0v) is 12.7. The molecule has 0 aliphatic carbocycles. The zero-order chi connectivity index (χ0) is 15.9. The second-order valence-electron chi connectivity index (χ2n) is 5.05. The van der Waals surface area contributed by atoms with E-state index < -0.39 is 24.0 Å². The monoisotopic (exact) mass is 288 g/mol. The highest BCUT2D eigenvalue weighted by Gasteiger charge is 2.25. The Hall–Kier alpha value is -1.79. The molecule has 1 unspecified atom stereocenters. The van der Waals surface area contributed by atoms with Gasteiger partial charge in [-0.15, -0.1) is 0 Å². The number of aliphatic carboxylic acids is 1. The highest BCUT2D eigenvalue weighted by atomic mass is 16.5. The molecule has 0 saturated carbocycles. The molecule has 0 bridgehead atoms. The Morgan fingerprint density at radius 2 is 1.80 bits per heavy atom. The third kappa shape index (κ3) is 5.90. The molecule has 2 N–H and O–H groups in total. The van der Waals surface area contributed by atoms with Gasteiger partial charge in [0.05, 0.1) is 7.11 Å². The summed E-state index contributed by atoms with van der Waals surface area (Å²) in [5.41, 5.74) is 0. The van der Waals surface area contributed by atoms with Crippen LogP contribution in [0.5, 0.6) is 0 Å². The molecule has 0 aromatic carbocycles. The number of nitrogens with one attached hydrogen (secondary N) is 1. The molecule has 7 nitrogen and oxygen atoms in total. The Labute approximate surface area is 119 Å². The third-order valence-electron chi connectivity index (χ3n) is 3.36. The highest BCUT2D eigenvalue weighted by molar-refractivity contribution is 5.83. The molecule has 0 aromatic rings. The Morgan fingerprint density at radius 3 is 2.20 bits per heavy atom. The molecule has 0 aliphatic rings. The van der Waals surface area contributed by atoms with E-state index in [4.69, 9.17) is 5.11 Å². The van der Waals surface area contributed by atoms with E-state index in [9.17, 15) is 14.4 Å². The van der Waals surface area contributed by atoms with E-state index >= 15 is 0 Å². The van der Waals surface area contributed by atoms with Gasteiger partial charge in [0.25, 0.3) is 0 Å². The number of hydrogen-bond donors (Lipinski definition) is 2. The molecule has 0 aromatic heterocycles. The second-order valence-corrected chi connectivity index (χ2v) is 5.05. The fourth-order valence-corrected chi connectivity index (χ4v) is 1.50. The van der Waals surface area contributed by atoms with Crippen LogP contribution in [-0.2, 0) is 14.3 Å². The van der Waals surface area contributed by atoms with E-state index in [1.165, 1.54) is 12.0 Å². The number of rotatable bonds is 7. The molecule has 2 atom stereocenters. The van der Waals surface area contributed by atoms with Crippen molar-refractivity contribution in [2.24, 2.45) is 5.92 Å². The van der Waals surface area contributed by atoms with Gasteiger partial charge in [0, 0.05) is 19.5 Å². The number of nitrogens with zero attached hydrogens (tertiary/aromatic N) is 1. The number of carbonyl (C=O) groups is 3. The van der Waals surface area contributed by atoms with E-state index in [1.54, 1.807) is 7.05 Å². The number of urea groups is 1. The van der Waals surface area contributed by atoms with Crippen molar-refractivity contribution in [3.05, 3.63) is 0 Å². The number of amides is 2. The molecule has 0 heterocycles. The maximum atomic E-state index is 12.0. The Balaban J connectivity index is 4.55. The maximum absolute atomic E-state index is 12.0. The Bertz CT molecular complexity index is 357. The number of ether oxygens (including phenoxy) is 1. The lowest BCUT2D eigenvalue weighted by atomic mass is 10.1. The normalized spacial score (nSPS) is 13.5. The van der Waals surface area contributed by atoms with Crippen molar-refractivity contribution in [2.75, 3.05) is 14.2 Å². The van der Waals surface area contributed by atoms with E-state index in [2.05, 4.69) is 10.1 Å². The first-order valence-electron chi connectivity index (χ1n) is 6.53. The fourth-order valence-electron chi connectivity index (χ4n) is 1.50. The van der Waals surface area contributed by atoms with Crippen LogP contribution in [0.25, 0.3) is 0 Å². The molecule has 7 heteroatoms. The molecule has 116 valence electrons. The molecular weight excluding hydrogens is 264 g/mol. The largest absolute Gasteiger partial charge is 0.480 e. The van der Waals surface area contributed by atoms with Crippen molar-refractivity contribution in [1.82, 2.24) is 10.2 Å². The van der Waals surface area contributed by atoms with Crippen molar-refractivity contribution in [3.8, 4) is 0 Å². The van der Waals surface area contributed by atoms with Crippen molar-refractivity contribution in [2.45, 2.75) is 45.7 Å². The summed E-state index contributed by atoms with van der Waals surface area (Å²) in [5.74, 6) is -1.42. The molecule has 0 aliphatic heterocycles. The zero-order valence-electron chi connectivity index (χ0n) is 12.7. The first kappa shape index (κ1) is 18.2. The average molecular weight is 288 g/mol. The van der Waals surface area contributed by atoms with Crippen LogP contribution in [0.15, 0.2) is 0 Å². The summed E-state index contributed by atoms with van der Waals surface area (Å²) < 4.78 is 4.45. The molecular formula is C13H24N2O5. The van der Waals surface area contributed by atoms with Gasteiger partial charge in [0.15, 0.2) is 0 Å². The summed E-state index contributed by atoms with van der Waals surface area (Å²) >= 11 is 0. The smallest absolute Gasteiger partial charge is 0.326 e. The van der Waals surface area contributed by atoms with E-state index in [0.29, 0.717) is 0 Å². The minimum Gasteiger partial charge on any atom is -0.480 e. The van der Waals surface area contributed by atoms with Gasteiger partial charge in [-0.25, -0.2) is 9.59 Å². The number of carbonyl (C=O) groups excluding carboxylic acids is 2. The minimum atomic E-state index is -1.17. The standard InChI is InChI=1S/C13H24N2O5/c1-8(2)9(3)15(4)13(19)14-10(12(17)18)6-7-11(16)20-5/h8-10H,6-7H2,1-5H3,(H,14,19)(H,17,18)/t9?,10-/m1/s1. The van der Waals surface area contributed by atoms with Gasteiger partial charge in [-0.1, -0.05) is 13.8 Å². The molecule has 0 fully saturated rings. The van der Waals surface area contributed by atoms with E-state index in [0.717, 1.165) is 0 Å². The highest BCUT2D eigenvalue weighted by Crippen LogP contribution is 2.09. The van der Waals surface area contributed by atoms with Gasteiger partial charge in [0.1, 0.15) is 6.04 Å². The fraction of sp³-hybridized carbons (Fsp3) is 0.769. The summed E-state index contributed by atoms with van der Waals surface area (Å²) in [6, 6.07) is -1.60. The van der Waals surface area contributed by atoms with Gasteiger partial charge in [0.2, 0.25) is 0 Å². The number of carboxylic acids is 1. The quantitative estimate of drug-likeness (QED) is 0.683. The van der Waals surface area contributed by atoms with Crippen LogP contribution in [0, 0.1) is 5.92 Å². The van der Waals surface area contributed by atoms with Crippen LogP contribution in [0.4, 0.5) is 4.79 Å². The number of esters is 1. The Morgan fingerprint density at radius 1 is 1.25 bits per heavy atom. The molecule has 0 rings (SSSR count).